The van der Waals surface area contributed by atoms with Crippen LogP contribution in [0.25, 0.3) is 0 Å². The highest BCUT2D eigenvalue weighted by Gasteiger charge is 2.23. The molecule has 24 heavy (non-hydrogen) atoms. The fourth-order valence-electron chi connectivity index (χ4n) is 2.83. The third kappa shape index (κ3) is 5.53. The molecular formula is C18H26N2O4. The lowest BCUT2D eigenvalue weighted by atomic mass is 10.0. The van der Waals surface area contributed by atoms with Crippen molar-refractivity contribution in [3.05, 3.63) is 29.8 Å². The number of piperidine rings is 1. The van der Waals surface area contributed by atoms with Crippen molar-refractivity contribution in [2.24, 2.45) is 0 Å². The fraction of sp³-hybridized carbons (Fsp3) is 0.556. The monoisotopic (exact) mass is 334 g/mol. The molecule has 132 valence electrons. The first-order valence-electron chi connectivity index (χ1n) is 8.40. The topological polar surface area (TPSA) is 67.9 Å². The van der Waals surface area contributed by atoms with Gasteiger partial charge in [-0.2, -0.15) is 0 Å². The van der Waals surface area contributed by atoms with E-state index in [2.05, 4.69) is 5.32 Å². The van der Waals surface area contributed by atoms with Crippen molar-refractivity contribution in [3.63, 3.8) is 0 Å². The molecular weight excluding hydrogens is 308 g/mol. The Morgan fingerprint density at radius 3 is 2.46 bits per heavy atom. The third-order valence-electron chi connectivity index (χ3n) is 4.08. The number of carbonyl (C=O) groups excluding carboxylic acids is 2. The molecule has 1 aromatic carbocycles. The van der Waals surface area contributed by atoms with Crippen LogP contribution in [-0.4, -0.2) is 56.2 Å². The zero-order chi connectivity index (χ0) is 17.4. The summed E-state index contributed by atoms with van der Waals surface area (Å²) in [5.74, 6) is 0.846. The van der Waals surface area contributed by atoms with E-state index in [1.165, 1.54) is 7.11 Å². The van der Waals surface area contributed by atoms with E-state index >= 15 is 0 Å². The maximum atomic E-state index is 12.4. The molecule has 1 saturated heterocycles. The first-order chi connectivity index (χ1) is 11.6. The van der Waals surface area contributed by atoms with Gasteiger partial charge < -0.3 is 19.7 Å². The standard InChI is InChI=1S/C18H26N2O4/c1-3-24-16-6-4-14(5-7-16)12-18(22)20-10-8-15(9-11-20)19-17(21)13-23-2/h4-7,15H,3,8-13H2,1-2H3,(H,19,21). The van der Waals surface area contributed by atoms with Crippen LogP contribution in [0.4, 0.5) is 0 Å². The number of hydrogen-bond acceptors (Lipinski definition) is 4. The van der Waals surface area contributed by atoms with Crippen molar-refractivity contribution in [3.8, 4) is 5.75 Å². The highest BCUT2D eigenvalue weighted by molar-refractivity contribution is 5.79. The number of ether oxygens (including phenoxy) is 2. The van der Waals surface area contributed by atoms with E-state index in [4.69, 9.17) is 9.47 Å². The molecule has 6 nitrogen and oxygen atoms in total. The molecule has 1 aliphatic heterocycles. The van der Waals surface area contributed by atoms with Crippen LogP contribution in [0.5, 0.6) is 5.75 Å². The van der Waals surface area contributed by atoms with E-state index in [-0.39, 0.29) is 24.5 Å². The summed E-state index contributed by atoms with van der Waals surface area (Å²) in [7, 11) is 1.50. The normalized spacial score (nSPS) is 15.2. The number of benzene rings is 1. The Kier molecular flexibility index (Phi) is 7.06. The van der Waals surface area contributed by atoms with Crippen molar-refractivity contribution >= 4 is 11.8 Å². The molecule has 0 bridgehead atoms. The number of carbonyl (C=O) groups is 2. The van der Waals surface area contributed by atoms with E-state index in [9.17, 15) is 9.59 Å². The summed E-state index contributed by atoms with van der Waals surface area (Å²) >= 11 is 0. The van der Waals surface area contributed by atoms with E-state index < -0.39 is 0 Å². The Morgan fingerprint density at radius 1 is 1.21 bits per heavy atom. The highest BCUT2D eigenvalue weighted by atomic mass is 16.5. The molecule has 1 aromatic rings. The Morgan fingerprint density at radius 2 is 1.88 bits per heavy atom. The van der Waals surface area contributed by atoms with Crippen LogP contribution in [-0.2, 0) is 20.7 Å². The molecule has 0 aliphatic carbocycles. The van der Waals surface area contributed by atoms with Crippen molar-refractivity contribution in [1.82, 2.24) is 10.2 Å². The van der Waals surface area contributed by atoms with Gasteiger partial charge >= 0.3 is 0 Å². The maximum Gasteiger partial charge on any atom is 0.246 e. The molecule has 1 N–H and O–H groups in total. The number of nitrogens with zero attached hydrogens (tertiary/aromatic N) is 1. The molecule has 1 fully saturated rings. The SMILES string of the molecule is CCOc1ccc(CC(=O)N2CCC(NC(=O)COC)CC2)cc1. The molecule has 0 aromatic heterocycles. The second-order valence-corrected chi connectivity index (χ2v) is 5.91. The van der Waals surface area contributed by atoms with Crippen molar-refractivity contribution < 1.29 is 19.1 Å². The van der Waals surface area contributed by atoms with Crippen molar-refractivity contribution in [2.45, 2.75) is 32.2 Å². The van der Waals surface area contributed by atoms with Gasteiger partial charge in [0, 0.05) is 26.2 Å². The van der Waals surface area contributed by atoms with Gasteiger partial charge in [0.2, 0.25) is 11.8 Å². The Hall–Kier alpha value is -2.08. The Bertz CT molecular complexity index is 536. The lowest BCUT2D eigenvalue weighted by Crippen LogP contribution is -2.47. The van der Waals surface area contributed by atoms with Gasteiger partial charge in [0.1, 0.15) is 12.4 Å². The van der Waals surface area contributed by atoms with Crippen LogP contribution in [0.1, 0.15) is 25.3 Å². The zero-order valence-electron chi connectivity index (χ0n) is 14.4. The van der Waals surface area contributed by atoms with Gasteiger partial charge in [0.15, 0.2) is 0 Å². The molecule has 2 amide bonds. The molecule has 6 heteroatoms. The van der Waals surface area contributed by atoms with Gasteiger partial charge in [0.05, 0.1) is 13.0 Å². The maximum absolute atomic E-state index is 12.4. The second-order valence-electron chi connectivity index (χ2n) is 5.91. The lowest BCUT2D eigenvalue weighted by Gasteiger charge is -2.32. The number of methoxy groups -OCH3 is 1. The van der Waals surface area contributed by atoms with Gasteiger partial charge in [-0.15, -0.1) is 0 Å². The molecule has 0 atom stereocenters. The van der Waals surface area contributed by atoms with Crippen LogP contribution in [0, 0.1) is 0 Å². The van der Waals surface area contributed by atoms with Gasteiger partial charge in [-0.05, 0) is 37.5 Å². The first kappa shape index (κ1) is 18.3. The van der Waals surface area contributed by atoms with Crippen LogP contribution in [0.2, 0.25) is 0 Å². The number of likely N-dealkylation sites (tertiary alicyclic amines) is 1. The van der Waals surface area contributed by atoms with Crippen molar-refractivity contribution in [1.29, 1.82) is 0 Å². The Balaban J connectivity index is 1.77. The van der Waals surface area contributed by atoms with E-state index in [1.807, 2.05) is 36.1 Å². The molecule has 1 heterocycles. The van der Waals surface area contributed by atoms with E-state index in [0.29, 0.717) is 26.1 Å². The van der Waals surface area contributed by atoms with E-state index in [1.54, 1.807) is 0 Å². The number of nitrogens with one attached hydrogen (secondary N) is 1. The minimum atomic E-state index is -0.100. The minimum absolute atomic E-state index is 0.0802. The molecule has 0 spiro atoms. The highest BCUT2D eigenvalue weighted by Crippen LogP contribution is 2.15. The zero-order valence-corrected chi connectivity index (χ0v) is 14.4. The predicted molar refractivity (Wildman–Crippen MR) is 90.9 cm³/mol. The average molecular weight is 334 g/mol. The summed E-state index contributed by atoms with van der Waals surface area (Å²) in [6.45, 7) is 4.01. The molecule has 0 saturated carbocycles. The van der Waals surface area contributed by atoms with Crippen LogP contribution in [0.15, 0.2) is 24.3 Å². The largest absolute Gasteiger partial charge is 0.494 e. The quantitative estimate of drug-likeness (QED) is 0.818. The Labute approximate surface area is 143 Å². The predicted octanol–water partition coefficient (Wildman–Crippen LogP) is 1.38. The summed E-state index contributed by atoms with van der Waals surface area (Å²) in [6, 6.07) is 7.77. The first-order valence-corrected chi connectivity index (χ1v) is 8.40. The summed E-state index contributed by atoms with van der Waals surface area (Å²) in [4.78, 5) is 25.8. The smallest absolute Gasteiger partial charge is 0.246 e. The van der Waals surface area contributed by atoms with Gasteiger partial charge in [0.25, 0.3) is 0 Å². The number of rotatable bonds is 7. The molecule has 2 rings (SSSR count). The third-order valence-corrected chi connectivity index (χ3v) is 4.08. The number of hydrogen-bond donors (Lipinski definition) is 1. The molecule has 0 radical (unpaired) electrons. The van der Waals surface area contributed by atoms with Gasteiger partial charge in [-0.3, -0.25) is 9.59 Å². The average Bonchev–Trinajstić information content (AvgIpc) is 2.57. The molecule has 0 unspecified atom stereocenters. The summed E-state index contributed by atoms with van der Waals surface area (Å²) in [5, 5.41) is 2.93. The van der Waals surface area contributed by atoms with Crippen LogP contribution in [0.3, 0.4) is 0 Å². The minimum Gasteiger partial charge on any atom is -0.494 e. The second kappa shape index (κ2) is 9.27. The van der Waals surface area contributed by atoms with Crippen LogP contribution >= 0.6 is 0 Å². The van der Waals surface area contributed by atoms with Crippen LogP contribution < -0.4 is 10.1 Å². The summed E-state index contributed by atoms with van der Waals surface area (Å²) in [6.07, 6.45) is 1.96. The molecule has 1 aliphatic rings. The lowest BCUT2D eigenvalue weighted by molar-refractivity contribution is -0.131. The summed E-state index contributed by atoms with van der Waals surface area (Å²) < 4.78 is 10.2. The fourth-order valence-corrected chi connectivity index (χ4v) is 2.83. The van der Waals surface area contributed by atoms with Gasteiger partial charge in [-0.25, -0.2) is 0 Å². The number of amides is 2. The van der Waals surface area contributed by atoms with Gasteiger partial charge in [-0.1, -0.05) is 12.1 Å². The van der Waals surface area contributed by atoms with E-state index in [0.717, 1.165) is 24.2 Å². The van der Waals surface area contributed by atoms with Crippen molar-refractivity contribution in [2.75, 3.05) is 33.4 Å². The summed E-state index contributed by atoms with van der Waals surface area (Å²) in [5.41, 5.74) is 0.985.